The molecule has 0 radical (unpaired) electrons. The Kier molecular flexibility index (Phi) is 1.17. The summed E-state index contributed by atoms with van der Waals surface area (Å²) in [5.74, 6) is 1.37. The average molecular weight is 160 g/mol. The summed E-state index contributed by atoms with van der Waals surface area (Å²) in [5.41, 5.74) is 2.54. The molecule has 1 fully saturated rings. The SMILES string of the molecule is O[C@H]1c2ccccc2C[C@@H]2C[C@@H]21. The van der Waals surface area contributed by atoms with Crippen molar-refractivity contribution in [3.8, 4) is 0 Å². The molecule has 0 unspecified atom stereocenters. The van der Waals surface area contributed by atoms with E-state index in [0.717, 1.165) is 5.92 Å². The summed E-state index contributed by atoms with van der Waals surface area (Å²) in [5, 5.41) is 9.87. The van der Waals surface area contributed by atoms with Crippen LogP contribution in [0.15, 0.2) is 24.3 Å². The van der Waals surface area contributed by atoms with E-state index in [1.54, 1.807) is 0 Å². The van der Waals surface area contributed by atoms with Gasteiger partial charge in [-0.15, -0.1) is 0 Å². The lowest BCUT2D eigenvalue weighted by Crippen LogP contribution is -2.11. The summed E-state index contributed by atoms with van der Waals surface area (Å²) in [7, 11) is 0. The van der Waals surface area contributed by atoms with Gasteiger partial charge in [0.1, 0.15) is 0 Å². The van der Waals surface area contributed by atoms with Gasteiger partial charge in [0.05, 0.1) is 6.10 Å². The Hall–Kier alpha value is -0.820. The smallest absolute Gasteiger partial charge is 0.0823 e. The van der Waals surface area contributed by atoms with E-state index >= 15 is 0 Å². The van der Waals surface area contributed by atoms with Crippen LogP contribution in [0.4, 0.5) is 0 Å². The van der Waals surface area contributed by atoms with Gasteiger partial charge < -0.3 is 5.11 Å². The van der Waals surface area contributed by atoms with E-state index in [0.29, 0.717) is 5.92 Å². The molecule has 2 aliphatic rings. The van der Waals surface area contributed by atoms with Gasteiger partial charge in [0.25, 0.3) is 0 Å². The van der Waals surface area contributed by atoms with Crippen molar-refractivity contribution in [2.75, 3.05) is 0 Å². The number of rotatable bonds is 0. The van der Waals surface area contributed by atoms with Crippen molar-refractivity contribution >= 4 is 0 Å². The molecule has 0 heterocycles. The molecule has 2 aliphatic carbocycles. The summed E-state index contributed by atoms with van der Waals surface area (Å²) in [4.78, 5) is 0. The molecule has 0 amide bonds. The van der Waals surface area contributed by atoms with E-state index in [2.05, 4.69) is 18.2 Å². The molecule has 62 valence electrons. The zero-order valence-electron chi connectivity index (χ0n) is 6.90. The maximum absolute atomic E-state index is 9.87. The molecule has 1 aromatic rings. The topological polar surface area (TPSA) is 20.2 Å². The minimum Gasteiger partial charge on any atom is -0.388 e. The number of hydrogen-bond donors (Lipinski definition) is 1. The molecule has 0 bridgehead atoms. The first-order chi connectivity index (χ1) is 5.86. The Morgan fingerprint density at radius 2 is 2.08 bits per heavy atom. The molecule has 1 aromatic carbocycles. The van der Waals surface area contributed by atoms with Gasteiger partial charge in [-0.1, -0.05) is 24.3 Å². The number of hydrogen-bond acceptors (Lipinski definition) is 1. The van der Waals surface area contributed by atoms with Crippen LogP contribution in [0.2, 0.25) is 0 Å². The third-order valence-corrected chi connectivity index (χ3v) is 3.24. The highest BCUT2D eigenvalue weighted by Gasteiger charge is 2.46. The Labute approximate surface area is 72.0 Å². The van der Waals surface area contributed by atoms with Gasteiger partial charge in [0.2, 0.25) is 0 Å². The fourth-order valence-corrected chi connectivity index (χ4v) is 2.41. The number of benzene rings is 1. The second kappa shape index (κ2) is 2.11. The molecule has 3 atom stereocenters. The lowest BCUT2D eigenvalue weighted by Gasteiger charge is -2.20. The first-order valence-electron chi connectivity index (χ1n) is 4.62. The van der Waals surface area contributed by atoms with Crippen molar-refractivity contribution in [2.45, 2.75) is 18.9 Å². The minimum absolute atomic E-state index is 0.167. The van der Waals surface area contributed by atoms with E-state index in [9.17, 15) is 5.11 Å². The van der Waals surface area contributed by atoms with Crippen LogP contribution in [-0.2, 0) is 6.42 Å². The second-order valence-electron chi connectivity index (χ2n) is 4.01. The lowest BCUT2D eigenvalue weighted by molar-refractivity contribution is 0.140. The molecular formula is C11H12O. The molecule has 12 heavy (non-hydrogen) atoms. The number of aliphatic hydroxyl groups excluding tert-OH is 1. The van der Waals surface area contributed by atoms with Gasteiger partial charge in [-0.05, 0) is 35.8 Å². The van der Waals surface area contributed by atoms with Gasteiger partial charge in [-0.25, -0.2) is 0 Å². The predicted molar refractivity (Wildman–Crippen MR) is 46.7 cm³/mol. The van der Waals surface area contributed by atoms with Crippen molar-refractivity contribution in [2.24, 2.45) is 11.8 Å². The molecule has 0 aromatic heterocycles. The predicted octanol–water partition coefficient (Wildman–Crippen LogP) is 1.91. The van der Waals surface area contributed by atoms with Crippen LogP contribution < -0.4 is 0 Å². The molecular weight excluding hydrogens is 148 g/mol. The fourth-order valence-electron chi connectivity index (χ4n) is 2.41. The van der Waals surface area contributed by atoms with Crippen LogP contribution in [0.1, 0.15) is 23.7 Å². The van der Waals surface area contributed by atoms with Gasteiger partial charge >= 0.3 is 0 Å². The Balaban J connectivity index is 2.11. The van der Waals surface area contributed by atoms with Crippen LogP contribution in [0.5, 0.6) is 0 Å². The van der Waals surface area contributed by atoms with Crippen LogP contribution >= 0.6 is 0 Å². The number of fused-ring (bicyclic) bond motifs is 2. The van der Waals surface area contributed by atoms with Crippen molar-refractivity contribution in [1.29, 1.82) is 0 Å². The summed E-state index contributed by atoms with van der Waals surface area (Å²) >= 11 is 0. The van der Waals surface area contributed by atoms with Crippen molar-refractivity contribution in [1.82, 2.24) is 0 Å². The van der Waals surface area contributed by atoms with Crippen molar-refractivity contribution in [3.05, 3.63) is 35.4 Å². The first-order valence-corrected chi connectivity index (χ1v) is 4.62. The molecule has 0 spiro atoms. The van der Waals surface area contributed by atoms with Gasteiger partial charge in [-0.3, -0.25) is 0 Å². The molecule has 1 heteroatoms. The monoisotopic (exact) mass is 160 g/mol. The van der Waals surface area contributed by atoms with Crippen molar-refractivity contribution in [3.63, 3.8) is 0 Å². The highest BCUT2D eigenvalue weighted by molar-refractivity contribution is 5.34. The summed E-state index contributed by atoms with van der Waals surface area (Å²) in [6.07, 6.45) is 2.26. The third-order valence-electron chi connectivity index (χ3n) is 3.24. The van der Waals surface area contributed by atoms with Crippen molar-refractivity contribution < 1.29 is 5.11 Å². The quantitative estimate of drug-likeness (QED) is 0.614. The third kappa shape index (κ3) is 0.774. The molecule has 0 aliphatic heterocycles. The molecule has 3 rings (SSSR count). The molecule has 0 saturated heterocycles. The largest absolute Gasteiger partial charge is 0.388 e. The normalized spacial score (nSPS) is 36.9. The molecule has 1 nitrogen and oxygen atoms in total. The summed E-state index contributed by atoms with van der Waals surface area (Å²) in [6, 6.07) is 8.29. The van der Waals surface area contributed by atoms with Gasteiger partial charge in [0.15, 0.2) is 0 Å². The van der Waals surface area contributed by atoms with E-state index in [4.69, 9.17) is 0 Å². The maximum atomic E-state index is 9.87. The lowest BCUT2D eigenvalue weighted by atomic mass is 9.90. The van der Waals surface area contributed by atoms with Crippen LogP contribution in [0.25, 0.3) is 0 Å². The summed E-state index contributed by atoms with van der Waals surface area (Å²) < 4.78 is 0. The average Bonchev–Trinajstić information content (AvgIpc) is 2.84. The summed E-state index contributed by atoms with van der Waals surface area (Å²) in [6.45, 7) is 0. The highest BCUT2D eigenvalue weighted by atomic mass is 16.3. The van der Waals surface area contributed by atoms with Crippen LogP contribution in [0, 0.1) is 11.8 Å². The Morgan fingerprint density at radius 1 is 1.25 bits per heavy atom. The standard InChI is InChI=1S/C11H12O/c12-11-9-4-2-1-3-7(9)5-8-6-10(8)11/h1-4,8,10-12H,5-6H2/t8-,10+,11+/m1/s1. The van der Waals surface area contributed by atoms with Crippen LogP contribution in [-0.4, -0.2) is 5.11 Å². The van der Waals surface area contributed by atoms with E-state index < -0.39 is 0 Å². The highest BCUT2D eigenvalue weighted by Crippen LogP contribution is 2.53. The zero-order chi connectivity index (χ0) is 8.13. The van der Waals surface area contributed by atoms with Gasteiger partial charge in [-0.2, -0.15) is 0 Å². The maximum Gasteiger partial charge on any atom is 0.0823 e. The van der Waals surface area contributed by atoms with E-state index in [1.165, 1.54) is 24.0 Å². The zero-order valence-corrected chi connectivity index (χ0v) is 6.90. The molecule has 1 saturated carbocycles. The van der Waals surface area contributed by atoms with Gasteiger partial charge in [0, 0.05) is 0 Å². The number of aliphatic hydroxyl groups is 1. The molecule has 1 N–H and O–H groups in total. The van der Waals surface area contributed by atoms with Crippen LogP contribution in [0.3, 0.4) is 0 Å². The van der Waals surface area contributed by atoms with E-state index in [1.807, 2.05) is 6.07 Å². The Bertz CT molecular complexity index is 319. The minimum atomic E-state index is -0.167. The first kappa shape index (κ1) is 6.67. The van der Waals surface area contributed by atoms with E-state index in [-0.39, 0.29) is 6.10 Å². The fraction of sp³-hybridized carbons (Fsp3) is 0.455. The second-order valence-corrected chi connectivity index (χ2v) is 4.01. The Morgan fingerprint density at radius 3 is 3.00 bits per heavy atom.